The van der Waals surface area contributed by atoms with Crippen LogP contribution in [0.15, 0.2) is 12.1 Å². The first-order chi connectivity index (χ1) is 9.45. The van der Waals surface area contributed by atoms with Gasteiger partial charge in [0.1, 0.15) is 11.4 Å². The first-order valence-electron chi connectivity index (χ1n) is 6.61. The number of rotatable bonds is 2. The lowest BCUT2D eigenvalue weighted by Crippen LogP contribution is -2.51. The zero-order valence-electron chi connectivity index (χ0n) is 11.5. The molecule has 110 valence electrons. The van der Waals surface area contributed by atoms with Gasteiger partial charge in [0.05, 0.1) is 24.4 Å². The number of anilines is 1. The predicted octanol–water partition coefficient (Wildman–Crippen LogP) is 2.19. The molecule has 0 saturated carbocycles. The van der Waals surface area contributed by atoms with Crippen LogP contribution in [0.25, 0.3) is 0 Å². The molecule has 1 amide bonds. The molecule has 4 nitrogen and oxygen atoms in total. The minimum Gasteiger partial charge on any atom is -0.396 e. The van der Waals surface area contributed by atoms with Gasteiger partial charge in [-0.25, -0.2) is 8.78 Å². The van der Waals surface area contributed by atoms with Crippen molar-refractivity contribution in [1.29, 1.82) is 0 Å². The van der Waals surface area contributed by atoms with Crippen molar-refractivity contribution in [3.8, 4) is 0 Å². The van der Waals surface area contributed by atoms with Gasteiger partial charge in [-0.05, 0) is 25.5 Å². The maximum atomic E-state index is 14.0. The van der Waals surface area contributed by atoms with E-state index in [1.807, 2.05) is 13.8 Å². The minimum atomic E-state index is -0.996. The fourth-order valence-corrected chi connectivity index (χ4v) is 2.34. The highest BCUT2D eigenvalue weighted by molar-refractivity contribution is 5.96. The largest absolute Gasteiger partial charge is 0.396 e. The van der Waals surface area contributed by atoms with Crippen LogP contribution in [0.5, 0.6) is 0 Å². The average molecular weight is 284 g/mol. The summed E-state index contributed by atoms with van der Waals surface area (Å²) in [6.45, 7) is 4.40. The molecule has 0 aliphatic carbocycles. The van der Waals surface area contributed by atoms with Gasteiger partial charge in [0.15, 0.2) is 5.82 Å². The Kier molecular flexibility index (Phi) is 4.23. The summed E-state index contributed by atoms with van der Waals surface area (Å²) in [6.07, 6.45) is 0.498. The number of amides is 1. The molecule has 2 unspecified atom stereocenters. The van der Waals surface area contributed by atoms with Crippen LogP contribution in [0.3, 0.4) is 0 Å². The molecule has 0 aromatic heterocycles. The van der Waals surface area contributed by atoms with Crippen molar-refractivity contribution in [2.75, 3.05) is 18.9 Å². The van der Waals surface area contributed by atoms with Crippen LogP contribution >= 0.6 is 0 Å². The fourth-order valence-electron chi connectivity index (χ4n) is 2.34. The normalized spacial score (nSPS) is 22.9. The van der Waals surface area contributed by atoms with E-state index in [2.05, 4.69) is 0 Å². The second-order valence-electron chi connectivity index (χ2n) is 4.99. The Hall–Kier alpha value is -1.69. The van der Waals surface area contributed by atoms with Gasteiger partial charge < -0.3 is 15.4 Å². The van der Waals surface area contributed by atoms with E-state index in [9.17, 15) is 13.6 Å². The van der Waals surface area contributed by atoms with E-state index in [1.54, 1.807) is 0 Å². The van der Waals surface area contributed by atoms with Crippen LogP contribution < -0.4 is 5.73 Å². The average Bonchev–Trinajstić information content (AvgIpc) is 2.43. The highest BCUT2D eigenvalue weighted by Crippen LogP contribution is 2.24. The summed E-state index contributed by atoms with van der Waals surface area (Å²) in [7, 11) is 0. The van der Waals surface area contributed by atoms with E-state index in [0.717, 1.165) is 12.1 Å². The summed E-state index contributed by atoms with van der Waals surface area (Å²) in [4.78, 5) is 13.9. The Morgan fingerprint density at radius 3 is 2.85 bits per heavy atom. The molecular formula is C14H18F2N2O2. The molecule has 20 heavy (non-hydrogen) atoms. The number of nitrogens with two attached hydrogens (primary N) is 1. The van der Waals surface area contributed by atoms with E-state index in [1.165, 1.54) is 4.90 Å². The van der Waals surface area contributed by atoms with Gasteiger partial charge in [0.2, 0.25) is 0 Å². The van der Waals surface area contributed by atoms with Crippen molar-refractivity contribution in [2.24, 2.45) is 0 Å². The molecule has 0 radical (unpaired) electrons. The molecule has 1 aliphatic rings. The van der Waals surface area contributed by atoms with Crippen LogP contribution in [0.2, 0.25) is 0 Å². The topological polar surface area (TPSA) is 55.6 Å². The third kappa shape index (κ3) is 2.60. The first-order valence-corrected chi connectivity index (χ1v) is 6.61. The summed E-state index contributed by atoms with van der Waals surface area (Å²) >= 11 is 0. The predicted molar refractivity (Wildman–Crippen MR) is 71.3 cm³/mol. The van der Waals surface area contributed by atoms with E-state index in [4.69, 9.17) is 10.5 Å². The lowest BCUT2D eigenvalue weighted by atomic mass is 10.1. The van der Waals surface area contributed by atoms with Crippen molar-refractivity contribution >= 4 is 11.6 Å². The number of hydrogen-bond acceptors (Lipinski definition) is 3. The number of benzene rings is 1. The molecule has 0 spiro atoms. The number of nitrogens with zero attached hydrogens (tertiary/aromatic N) is 1. The van der Waals surface area contributed by atoms with E-state index in [0.29, 0.717) is 19.6 Å². The summed E-state index contributed by atoms with van der Waals surface area (Å²) in [5, 5.41) is 0. The number of morpholine rings is 1. The third-order valence-corrected chi connectivity index (χ3v) is 3.53. The van der Waals surface area contributed by atoms with Gasteiger partial charge in [-0.15, -0.1) is 0 Å². The first kappa shape index (κ1) is 14.7. The van der Waals surface area contributed by atoms with Crippen molar-refractivity contribution in [3.05, 3.63) is 29.3 Å². The zero-order chi connectivity index (χ0) is 14.9. The molecule has 1 saturated heterocycles. The highest BCUT2D eigenvalue weighted by atomic mass is 19.1. The molecule has 1 aromatic rings. The lowest BCUT2D eigenvalue weighted by Gasteiger charge is -2.38. The van der Waals surface area contributed by atoms with Crippen LogP contribution in [0.4, 0.5) is 14.5 Å². The van der Waals surface area contributed by atoms with Crippen LogP contribution in [-0.4, -0.2) is 36.1 Å². The summed E-state index contributed by atoms with van der Waals surface area (Å²) in [6, 6.07) is 1.94. The monoisotopic (exact) mass is 284 g/mol. The standard InChI is InChI=1S/C14H18F2N2O2/c1-3-9-7-20-8(2)6-18(9)14(19)12-10(15)4-5-11(17)13(12)16/h4-5,8-9H,3,6-7,17H2,1-2H3. The molecule has 1 aliphatic heterocycles. The Bertz CT molecular complexity index is 522. The second kappa shape index (κ2) is 5.75. The molecule has 2 rings (SSSR count). The molecule has 0 bridgehead atoms. The van der Waals surface area contributed by atoms with Gasteiger partial charge in [-0.3, -0.25) is 4.79 Å². The Labute approximate surface area is 116 Å². The Morgan fingerprint density at radius 2 is 2.20 bits per heavy atom. The van der Waals surface area contributed by atoms with E-state index < -0.39 is 23.1 Å². The summed E-state index contributed by atoms with van der Waals surface area (Å²) in [5.41, 5.74) is 4.60. The third-order valence-electron chi connectivity index (χ3n) is 3.53. The SMILES string of the molecule is CCC1COC(C)CN1C(=O)c1c(F)ccc(N)c1F. The number of nitrogen functional groups attached to an aromatic ring is 1. The molecular weight excluding hydrogens is 266 g/mol. The number of carbonyl (C=O) groups is 1. The smallest absolute Gasteiger partial charge is 0.260 e. The molecule has 1 fully saturated rings. The summed E-state index contributed by atoms with van der Waals surface area (Å²) < 4.78 is 33.2. The van der Waals surface area contributed by atoms with Gasteiger partial charge in [-0.2, -0.15) is 0 Å². The van der Waals surface area contributed by atoms with Crippen molar-refractivity contribution in [2.45, 2.75) is 32.4 Å². The Balaban J connectivity index is 2.37. The quantitative estimate of drug-likeness (QED) is 0.847. The van der Waals surface area contributed by atoms with Crippen molar-refractivity contribution in [1.82, 2.24) is 4.90 Å². The molecule has 1 aromatic carbocycles. The van der Waals surface area contributed by atoms with Crippen molar-refractivity contribution < 1.29 is 18.3 Å². The maximum Gasteiger partial charge on any atom is 0.260 e. The fraction of sp³-hybridized carbons (Fsp3) is 0.500. The van der Waals surface area contributed by atoms with Crippen LogP contribution in [-0.2, 0) is 4.74 Å². The van der Waals surface area contributed by atoms with Crippen LogP contribution in [0.1, 0.15) is 30.6 Å². The highest BCUT2D eigenvalue weighted by Gasteiger charge is 2.33. The Morgan fingerprint density at radius 1 is 1.50 bits per heavy atom. The number of carbonyl (C=O) groups excluding carboxylic acids is 1. The zero-order valence-corrected chi connectivity index (χ0v) is 11.5. The maximum absolute atomic E-state index is 14.0. The second-order valence-corrected chi connectivity index (χ2v) is 4.99. The molecule has 1 heterocycles. The minimum absolute atomic E-state index is 0.158. The van der Waals surface area contributed by atoms with Crippen LogP contribution in [0, 0.1) is 11.6 Å². The lowest BCUT2D eigenvalue weighted by molar-refractivity contribution is -0.0446. The van der Waals surface area contributed by atoms with Gasteiger partial charge in [0.25, 0.3) is 5.91 Å². The van der Waals surface area contributed by atoms with E-state index in [-0.39, 0.29) is 17.8 Å². The number of ether oxygens (including phenoxy) is 1. The number of hydrogen-bond donors (Lipinski definition) is 1. The van der Waals surface area contributed by atoms with Gasteiger partial charge in [0, 0.05) is 6.54 Å². The van der Waals surface area contributed by atoms with Gasteiger partial charge in [-0.1, -0.05) is 6.92 Å². The van der Waals surface area contributed by atoms with Gasteiger partial charge >= 0.3 is 0 Å². The number of halogens is 2. The van der Waals surface area contributed by atoms with E-state index >= 15 is 0 Å². The van der Waals surface area contributed by atoms with Crippen molar-refractivity contribution in [3.63, 3.8) is 0 Å². The molecule has 2 N–H and O–H groups in total. The summed E-state index contributed by atoms with van der Waals surface area (Å²) in [5.74, 6) is -2.56. The molecule has 2 atom stereocenters. The molecule has 6 heteroatoms.